The SMILES string of the molecule is CC(C)O[C@H]1CN(C(=O)c2cc(COc3cccc(F)c3)[nH]n2)C[C@@H]1O. The molecule has 8 heteroatoms. The lowest BCUT2D eigenvalue weighted by Crippen LogP contribution is -2.31. The Labute approximate surface area is 150 Å². The van der Waals surface area contributed by atoms with E-state index in [1.54, 1.807) is 18.2 Å². The minimum atomic E-state index is -0.712. The predicted molar refractivity (Wildman–Crippen MR) is 91.2 cm³/mol. The third-order valence-electron chi connectivity index (χ3n) is 4.01. The average molecular weight is 363 g/mol. The fraction of sp³-hybridized carbons (Fsp3) is 0.444. The zero-order valence-corrected chi connectivity index (χ0v) is 14.7. The second-order valence-corrected chi connectivity index (χ2v) is 6.53. The predicted octanol–water partition coefficient (Wildman–Crippen LogP) is 1.74. The van der Waals surface area contributed by atoms with Crippen LogP contribution in [0.4, 0.5) is 4.39 Å². The molecule has 26 heavy (non-hydrogen) atoms. The molecule has 2 aromatic rings. The first-order valence-electron chi connectivity index (χ1n) is 8.48. The van der Waals surface area contributed by atoms with Gasteiger partial charge in [0.1, 0.15) is 24.3 Å². The van der Waals surface area contributed by atoms with Gasteiger partial charge in [0.15, 0.2) is 5.69 Å². The van der Waals surface area contributed by atoms with E-state index in [2.05, 4.69) is 10.2 Å². The Hall–Kier alpha value is -2.45. The summed E-state index contributed by atoms with van der Waals surface area (Å²) in [7, 11) is 0. The summed E-state index contributed by atoms with van der Waals surface area (Å²) in [5.74, 6) is -0.273. The first-order chi connectivity index (χ1) is 12.4. The molecule has 2 atom stereocenters. The van der Waals surface area contributed by atoms with Crippen LogP contribution in [-0.2, 0) is 11.3 Å². The molecule has 1 aliphatic heterocycles. The lowest BCUT2D eigenvalue weighted by atomic mass is 10.2. The van der Waals surface area contributed by atoms with Gasteiger partial charge in [0.2, 0.25) is 0 Å². The minimum absolute atomic E-state index is 0.0262. The summed E-state index contributed by atoms with van der Waals surface area (Å²) in [5.41, 5.74) is 0.826. The van der Waals surface area contributed by atoms with Gasteiger partial charge in [0.25, 0.3) is 5.91 Å². The quantitative estimate of drug-likeness (QED) is 0.816. The largest absolute Gasteiger partial charge is 0.487 e. The lowest BCUT2D eigenvalue weighted by Gasteiger charge is -2.17. The van der Waals surface area contributed by atoms with Crippen LogP contribution in [0.25, 0.3) is 0 Å². The number of amides is 1. The number of H-pyrrole nitrogens is 1. The number of aliphatic hydroxyl groups is 1. The summed E-state index contributed by atoms with van der Waals surface area (Å²) in [6.07, 6.45) is -1.13. The van der Waals surface area contributed by atoms with Crippen molar-refractivity contribution in [3.05, 3.63) is 47.5 Å². The Balaban J connectivity index is 1.58. The number of rotatable bonds is 6. The van der Waals surface area contributed by atoms with Gasteiger partial charge >= 0.3 is 0 Å². The zero-order valence-electron chi connectivity index (χ0n) is 14.7. The van der Waals surface area contributed by atoms with E-state index >= 15 is 0 Å². The highest BCUT2D eigenvalue weighted by molar-refractivity contribution is 5.92. The van der Waals surface area contributed by atoms with Crippen LogP contribution in [0, 0.1) is 5.82 Å². The Morgan fingerprint density at radius 1 is 1.42 bits per heavy atom. The maximum absolute atomic E-state index is 13.1. The molecule has 0 radical (unpaired) electrons. The first-order valence-corrected chi connectivity index (χ1v) is 8.48. The molecule has 1 aliphatic rings. The van der Waals surface area contributed by atoms with Crippen molar-refractivity contribution in [1.29, 1.82) is 0 Å². The highest BCUT2D eigenvalue weighted by Gasteiger charge is 2.36. The summed E-state index contributed by atoms with van der Waals surface area (Å²) in [4.78, 5) is 14.1. The molecular formula is C18H22FN3O4. The maximum Gasteiger partial charge on any atom is 0.274 e. The van der Waals surface area contributed by atoms with Crippen LogP contribution in [-0.4, -0.2) is 57.5 Å². The highest BCUT2D eigenvalue weighted by Crippen LogP contribution is 2.18. The maximum atomic E-state index is 13.1. The summed E-state index contributed by atoms with van der Waals surface area (Å²) in [5, 5.41) is 16.8. The molecule has 0 aliphatic carbocycles. The Bertz CT molecular complexity index is 764. The molecule has 0 unspecified atom stereocenters. The van der Waals surface area contributed by atoms with Crippen molar-refractivity contribution in [2.45, 2.75) is 38.8 Å². The number of hydrogen-bond acceptors (Lipinski definition) is 5. The number of benzene rings is 1. The van der Waals surface area contributed by atoms with Crippen LogP contribution < -0.4 is 4.74 Å². The number of ether oxygens (including phenoxy) is 2. The van der Waals surface area contributed by atoms with Gasteiger partial charge < -0.3 is 19.5 Å². The number of halogens is 1. The van der Waals surface area contributed by atoms with Gasteiger partial charge in [0.05, 0.1) is 17.9 Å². The second kappa shape index (κ2) is 7.84. The van der Waals surface area contributed by atoms with E-state index in [0.717, 1.165) is 0 Å². The molecule has 1 aromatic carbocycles. The number of β-amino-alcohol motifs (C(OH)–C–C–N with tert-alkyl or cyclic N) is 1. The van der Waals surface area contributed by atoms with Crippen LogP contribution in [0.15, 0.2) is 30.3 Å². The molecular weight excluding hydrogens is 341 g/mol. The van der Waals surface area contributed by atoms with Crippen molar-refractivity contribution in [2.75, 3.05) is 13.1 Å². The van der Waals surface area contributed by atoms with E-state index in [9.17, 15) is 14.3 Å². The highest BCUT2D eigenvalue weighted by atomic mass is 19.1. The van der Waals surface area contributed by atoms with Crippen LogP contribution in [0.1, 0.15) is 30.0 Å². The van der Waals surface area contributed by atoms with Crippen LogP contribution >= 0.6 is 0 Å². The van der Waals surface area contributed by atoms with Gasteiger partial charge in [-0.1, -0.05) is 6.07 Å². The third-order valence-corrected chi connectivity index (χ3v) is 4.01. The number of aromatic amines is 1. The number of nitrogens with zero attached hydrogens (tertiary/aromatic N) is 2. The van der Waals surface area contributed by atoms with Gasteiger partial charge in [-0.2, -0.15) is 5.10 Å². The summed E-state index contributed by atoms with van der Waals surface area (Å²) >= 11 is 0. The fourth-order valence-electron chi connectivity index (χ4n) is 2.83. The van der Waals surface area contributed by atoms with Crippen molar-refractivity contribution < 1.29 is 23.8 Å². The van der Waals surface area contributed by atoms with Crippen molar-refractivity contribution in [3.63, 3.8) is 0 Å². The lowest BCUT2D eigenvalue weighted by molar-refractivity contribution is -0.0394. The Morgan fingerprint density at radius 2 is 2.23 bits per heavy atom. The number of likely N-dealkylation sites (tertiary alicyclic amines) is 1. The number of carbonyl (C=O) groups excluding carboxylic acids is 1. The van der Waals surface area contributed by atoms with Gasteiger partial charge in [0, 0.05) is 19.2 Å². The minimum Gasteiger partial charge on any atom is -0.487 e. The van der Waals surface area contributed by atoms with Crippen molar-refractivity contribution in [1.82, 2.24) is 15.1 Å². The number of hydrogen-bond donors (Lipinski definition) is 2. The van der Waals surface area contributed by atoms with Crippen LogP contribution in [0.3, 0.4) is 0 Å². The van der Waals surface area contributed by atoms with Crippen molar-refractivity contribution in [2.24, 2.45) is 0 Å². The van der Waals surface area contributed by atoms with E-state index in [-0.39, 0.29) is 36.7 Å². The van der Waals surface area contributed by atoms with Crippen LogP contribution in [0.5, 0.6) is 5.75 Å². The van der Waals surface area contributed by atoms with E-state index < -0.39 is 12.2 Å². The molecule has 0 saturated carbocycles. The molecule has 0 bridgehead atoms. The first kappa shape index (κ1) is 18.3. The molecule has 1 fully saturated rings. The normalized spacial score (nSPS) is 20.0. The molecule has 1 saturated heterocycles. The zero-order chi connectivity index (χ0) is 18.7. The molecule has 2 heterocycles. The summed E-state index contributed by atoms with van der Waals surface area (Å²) < 4.78 is 24.2. The standard InChI is InChI=1S/C18H22FN3O4/c1-11(2)26-17-9-22(8-16(17)23)18(24)15-7-13(20-21-15)10-25-14-5-3-4-12(19)6-14/h3-7,11,16-17,23H,8-10H2,1-2H3,(H,20,21)/t16-,17-/m0/s1. The number of aliphatic hydroxyl groups excluding tert-OH is 1. The molecule has 3 rings (SSSR count). The molecule has 1 aromatic heterocycles. The monoisotopic (exact) mass is 363 g/mol. The van der Waals surface area contributed by atoms with Gasteiger partial charge in [-0.25, -0.2) is 4.39 Å². The second-order valence-electron chi connectivity index (χ2n) is 6.53. The van der Waals surface area contributed by atoms with E-state index in [0.29, 0.717) is 18.0 Å². The van der Waals surface area contributed by atoms with Crippen LogP contribution in [0.2, 0.25) is 0 Å². The van der Waals surface area contributed by atoms with E-state index in [1.807, 2.05) is 13.8 Å². The van der Waals surface area contributed by atoms with E-state index in [4.69, 9.17) is 9.47 Å². The average Bonchev–Trinajstić information content (AvgIpc) is 3.19. The van der Waals surface area contributed by atoms with Gasteiger partial charge in [-0.05, 0) is 32.0 Å². The number of nitrogens with one attached hydrogen (secondary N) is 1. The number of aromatic nitrogens is 2. The Morgan fingerprint density at radius 3 is 2.96 bits per heavy atom. The topological polar surface area (TPSA) is 87.7 Å². The van der Waals surface area contributed by atoms with E-state index in [1.165, 1.54) is 17.0 Å². The van der Waals surface area contributed by atoms with Gasteiger partial charge in [-0.15, -0.1) is 0 Å². The molecule has 2 N–H and O–H groups in total. The van der Waals surface area contributed by atoms with Crippen molar-refractivity contribution >= 4 is 5.91 Å². The molecule has 7 nitrogen and oxygen atoms in total. The third kappa shape index (κ3) is 4.39. The molecule has 0 spiro atoms. The number of carbonyl (C=O) groups is 1. The Kier molecular flexibility index (Phi) is 5.53. The molecule has 1 amide bonds. The summed E-state index contributed by atoms with van der Waals surface area (Å²) in [6.45, 7) is 4.43. The van der Waals surface area contributed by atoms with Gasteiger partial charge in [-0.3, -0.25) is 9.89 Å². The molecule has 140 valence electrons. The fourth-order valence-corrected chi connectivity index (χ4v) is 2.83. The van der Waals surface area contributed by atoms with Crippen molar-refractivity contribution in [3.8, 4) is 5.75 Å². The summed E-state index contributed by atoms with van der Waals surface area (Å²) in [6, 6.07) is 7.40. The smallest absolute Gasteiger partial charge is 0.274 e.